The van der Waals surface area contributed by atoms with Crippen molar-refractivity contribution >= 4 is 0 Å². The van der Waals surface area contributed by atoms with E-state index in [0.29, 0.717) is 5.92 Å². The van der Waals surface area contributed by atoms with Crippen LogP contribution in [0.1, 0.15) is 33.6 Å². The van der Waals surface area contributed by atoms with Gasteiger partial charge in [-0.15, -0.1) is 0 Å². The summed E-state index contributed by atoms with van der Waals surface area (Å²) in [6, 6.07) is 0. The Bertz CT molecular complexity index is 81.3. The van der Waals surface area contributed by atoms with Crippen LogP contribution in [0.15, 0.2) is 0 Å². The predicted octanol–water partition coefficient (Wildman–Crippen LogP) is 1.37. The topological polar surface area (TPSA) is 40.5 Å². The average Bonchev–Trinajstić information content (AvgIpc) is 1.87. The first kappa shape index (κ1) is 9.92. The lowest BCUT2D eigenvalue weighted by molar-refractivity contribution is -0.0931. The molecule has 2 unspecified atom stereocenters. The van der Waals surface area contributed by atoms with E-state index in [0.717, 1.165) is 12.8 Å². The minimum atomic E-state index is -1.15. The van der Waals surface area contributed by atoms with Gasteiger partial charge in [-0.25, -0.2) is 0 Å². The van der Waals surface area contributed by atoms with E-state index in [1.165, 1.54) is 0 Å². The van der Waals surface area contributed by atoms with Gasteiger partial charge in [-0.1, -0.05) is 33.6 Å². The van der Waals surface area contributed by atoms with Crippen LogP contribution in [0.2, 0.25) is 0 Å². The van der Waals surface area contributed by atoms with E-state index in [9.17, 15) is 0 Å². The van der Waals surface area contributed by atoms with Crippen LogP contribution in [0.25, 0.3) is 0 Å². The van der Waals surface area contributed by atoms with Crippen molar-refractivity contribution in [3.63, 3.8) is 0 Å². The molecule has 0 bridgehead atoms. The van der Waals surface area contributed by atoms with E-state index in [1.807, 2.05) is 13.8 Å². The number of rotatable bonds is 4. The molecule has 0 rings (SSSR count). The lowest BCUT2D eigenvalue weighted by Gasteiger charge is -2.20. The Morgan fingerprint density at radius 3 is 2.00 bits per heavy atom. The van der Waals surface area contributed by atoms with Gasteiger partial charge in [0.05, 0.1) is 0 Å². The van der Waals surface area contributed by atoms with Gasteiger partial charge in [0.25, 0.3) is 0 Å². The van der Waals surface area contributed by atoms with E-state index in [2.05, 4.69) is 6.92 Å². The summed E-state index contributed by atoms with van der Waals surface area (Å²) >= 11 is 0. The van der Waals surface area contributed by atoms with Crippen LogP contribution in [0.3, 0.4) is 0 Å². The third kappa shape index (κ3) is 3.18. The van der Waals surface area contributed by atoms with Crippen molar-refractivity contribution in [1.82, 2.24) is 0 Å². The summed E-state index contributed by atoms with van der Waals surface area (Å²) in [6.07, 6.45) is 1.03. The molecule has 0 saturated carbocycles. The molecule has 2 nitrogen and oxygen atoms in total. The van der Waals surface area contributed by atoms with Crippen molar-refractivity contribution in [3.8, 4) is 0 Å². The van der Waals surface area contributed by atoms with E-state index in [1.54, 1.807) is 0 Å². The maximum Gasteiger partial charge on any atom is 0.154 e. The second-order valence-corrected chi connectivity index (χ2v) is 3.04. The molecule has 0 saturated heterocycles. The maximum absolute atomic E-state index is 8.77. The summed E-state index contributed by atoms with van der Waals surface area (Å²) in [6.45, 7) is 6.02. The van der Waals surface area contributed by atoms with Gasteiger partial charge in [-0.2, -0.15) is 0 Å². The zero-order valence-electron chi connectivity index (χ0n) is 7.04. The lowest BCUT2D eigenvalue weighted by atomic mass is 9.91. The first-order valence-electron chi connectivity index (χ1n) is 3.95. The van der Waals surface area contributed by atoms with Crippen LogP contribution in [-0.2, 0) is 0 Å². The van der Waals surface area contributed by atoms with E-state index < -0.39 is 6.29 Å². The fourth-order valence-corrected chi connectivity index (χ4v) is 1.01. The highest BCUT2D eigenvalue weighted by Gasteiger charge is 2.17. The van der Waals surface area contributed by atoms with Gasteiger partial charge in [-0.3, -0.25) is 0 Å². The molecule has 0 aromatic rings. The van der Waals surface area contributed by atoms with Crippen LogP contribution in [0.5, 0.6) is 0 Å². The quantitative estimate of drug-likeness (QED) is 0.588. The van der Waals surface area contributed by atoms with Crippen LogP contribution >= 0.6 is 0 Å². The van der Waals surface area contributed by atoms with Gasteiger partial charge in [0.1, 0.15) is 0 Å². The highest BCUT2D eigenvalue weighted by Crippen LogP contribution is 2.18. The average molecular weight is 146 g/mol. The molecule has 0 aliphatic heterocycles. The molecule has 2 heteroatoms. The Morgan fingerprint density at radius 2 is 1.70 bits per heavy atom. The third-order valence-corrected chi connectivity index (χ3v) is 2.11. The minimum Gasteiger partial charge on any atom is -0.368 e. The van der Waals surface area contributed by atoms with Gasteiger partial charge >= 0.3 is 0 Å². The van der Waals surface area contributed by atoms with Crippen molar-refractivity contribution in [3.05, 3.63) is 0 Å². The first-order valence-corrected chi connectivity index (χ1v) is 3.95. The Kier molecular flexibility index (Phi) is 4.65. The zero-order valence-corrected chi connectivity index (χ0v) is 7.04. The second kappa shape index (κ2) is 4.69. The van der Waals surface area contributed by atoms with Crippen LogP contribution in [-0.4, -0.2) is 16.5 Å². The van der Waals surface area contributed by atoms with Crippen molar-refractivity contribution in [2.45, 2.75) is 39.9 Å². The van der Waals surface area contributed by atoms with E-state index >= 15 is 0 Å². The monoisotopic (exact) mass is 146 g/mol. The molecular weight excluding hydrogens is 128 g/mol. The van der Waals surface area contributed by atoms with E-state index in [4.69, 9.17) is 10.2 Å². The molecule has 0 aromatic carbocycles. The number of aliphatic hydroxyl groups is 2. The maximum atomic E-state index is 8.77. The summed E-state index contributed by atoms with van der Waals surface area (Å²) < 4.78 is 0. The van der Waals surface area contributed by atoms with Crippen LogP contribution in [0, 0.1) is 11.8 Å². The fraction of sp³-hybridized carbons (Fsp3) is 1.00. The van der Waals surface area contributed by atoms with Gasteiger partial charge in [0.2, 0.25) is 0 Å². The van der Waals surface area contributed by atoms with Crippen molar-refractivity contribution in [2.24, 2.45) is 11.8 Å². The molecule has 0 radical (unpaired) electrons. The summed E-state index contributed by atoms with van der Waals surface area (Å²) in [4.78, 5) is 0. The summed E-state index contributed by atoms with van der Waals surface area (Å²) in [5, 5.41) is 17.5. The molecule has 2 N–H and O–H groups in total. The van der Waals surface area contributed by atoms with Crippen LogP contribution in [0.4, 0.5) is 0 Å². The van der Waals surface area contributed by atoms with Crippen molar-refractivity contribution in [2.75, 3.05) is 0 Å². The molecule has 0 aromatic heterocycles. The number of hydrogen-bond donors (Lipinski definition) is 2. The predicted molar refractivity (Wildman–Crippen MR) is 41.5 cm³/mol. The lowest BCUT2D eigenvalue weighted by Crippen LogP contribution is -2.22. The first-order chi connectivity index (χ1) is 4.59. The Morgan fingerprint density at radius 1 is 1.20 bits per heavy atom. The van der Waals surface area contributed by atoms with Gasteiger partial charge in [-0.05, 0) is 5.92 Å². The fourth-order valence-electron chi connectivity index (χ4n) is 1.01. The highest BCUT2D eigenvalue weighted by molar-refractivity contribution is 4.62. The van der Waals surface area contributed by atoms with Crippen molar-refractivity contribution < 1.29 is 10.2 Å². The normalized spacial score (nSPS) is 17.4. The van der Waals surface area contributed by atoms with Gasteiger partial charge < -0.3 is 10.2 Å². The molecule has 62 valence electrons. The van der Waals surface area contributed by atoms with Crippen molar-refractivity contribution in [1.29, 1.82) is 0 Å². The molecule has 0 amide bonds. The molecule has 0 fully saturated rings. The van der Waals surface area contributed by atoms with Gasteiger partial charge in [0, 0.05) is 5.92 Å². The molecule has 10 heavy (non-hydrogen) atoms. The molecule has 2 atom stereocenters. The second-order valence-electron chi connectivity index (χ2n) is 3.04. The highest BCUT2D eigenvalue weighted by atomic mass is 16.5. The van der Waals surface area contributed by atoms with E-state index in [-0.39, 0.29) is 5.92 Å². The summed E-state index contributed by atoms with van der Waals surface area (Å²) in [7, 11) is 0. The standard InChI is InChI=1S/C8H18O2/c1-4-5-6(2)7(3)8(9)10/h6-10H,4-5H2,1-3H3. The zero-order chi connectivity index (χ0) is 8.15. The molecule has 0 heterocycles. The molecule has 0 spiro atoms. The molecule has 0 aliphatic rings. The smallest absolute Gasteiger partial charge is 0.154 e. The largest absolute Gasteiger partial charge is 0.368 e. The Balaban J connectivity index is 3.58. The number of aliphatic hydroxyl groups excluding tert-OH is 1. The number of hydrogen-bond acceptors (Lipinski definition) is 2. The SMILES string of the molecule is CCCC(C)C(C)C(O)O. The molecular formula is C8H18O2. The Hall–Kier alpha value is -0.0800. The van der Waals surface area contributed by atoms with Crippen LogP contribution < -0.4 is 0 Å². The summed E-state index contributed by atoms with van der Waals surface area (Å²) in [5.74, 6) is 0.407. The third-order valence-electron chi connectivity index (χ3n) is 2.11. The minimum absolute atomic E-state index is 0.0000463. The van der Waals surface area contributed by atoms with Gasteiger partial charge in [0.15, 0.2) is 6.29 Å². The molecule has 0 aliphatic carbocycles. The Labute approximate surface area is 62.9 Å². The summed E-state index contributed by atoms with van der Waals surface area (Å²) in [5.41, 5.74) is 0.